The number of ether oxygens (including phenoxy) is 1. The van der Waals surface area contributed by atoms with Gasteiger partial charge in [0.15, 0.2) is 5.15 Å². The highest BCUT2D eigenvalue weighted by molar-refractivity contribution is 7.92. The number of aromatic nitrogens is 3. The van der Waals surface area contributed by atoms with E-state index in [1.807, 2.05) is 30.5 Å². The number of morpholine rings is 1. The lowest BCUT2D eigenvalue weighted by Crippen LogP contribution is -2.36. The Hall–Kier alpha value is -3.27. The van der Waals surface area contributed by atoms with Crippen LogP contribution in [0.1, 0.15) is 0 Å². The Morgan fingerprint density at radius 1 is 0.970 bits per heavy atom. The summed E-state index contributed by atoms with van der Waals surface area (Å²) in [4.78, 5) is 14.9. The molecule has 0 aliphatic carbocycles. The van der Waals surface area contributed by atoms with E-state index in [9.17, 15) is 8.42 Å². The molecule has 0 radical (unpaired) electrons. The van der Waals surface area contributed by atoms with Gasteiger partial charge in [-0.25, -0.2) is 13.4 Å². The van der Waals surface area contributed by atoms with Crippen molar-refractivity contribution in [2.24, 2.45) is 0 Å². The van der Waals surface area contributed by atoms with Crippen LogP contribution in [-0.2, 0) is 14.8 Å². The van der Waals surface area contributed by atoms with Crippen LogP contribution in [0.2, 0.25) is 5.15 Å². The lowest BCUT2D eigenvalue weighted by Gasteiger charge is -2.29. The van der Waals surface area contributed by atoms with Crippen LogP contribution in [-0.4, -0.2) is 49.7 Å². The molecular formula is C23H20ClN5O3S. The van der Waals surface area contributed by atoms with Crippen LogP contribution in [0.15, 0.2) is 72.1 Å². The minimum atomic E-state index is -3.86. The third-order valence-electron chi connectivity index (χ3n) is 5.43. The van der Waals surface area contributed by atoms with E-state index in [4.69, 9.17) is 16.3 Å². The summed E-state index contributed by atoms with van der Waals surface area (Å²) in [6.45, 7) is 2.99. The molecule has 1 aromatic carbocycles. The van der Waals surface area contributed by atoms with E-state index in [1.165, 1.54) is 18.5 Å². The molecule has 168 valence electrons. The maximum absolute atomic E-state index is 12.7. The van der Waals surface area contributed by atoms with Crippen LogP contribution in [0.5, 0.6) is 0 Å². The third kappa shape index (κ3) is 4.47. The quantitative estimate of drug-likeness (QED) is 0.430. The fourth-order valence-corrected chi connectivity index (χ4v) is 5.01. The van der Waals surface area contributed by atoms with Crippen LogP contribution >= 0.6 is 11.6 Å². The van der Waals surface area contributed by atoms with Gasteiger partial charge >= 0.3 is 0 Å². The number of rotatable bonds is 5. The molecule has 0 unspecified atom stereocenters. The summed E-state index contributed by atoms with van der Waals surface area (Å²) in [5, 5.41) is 1.06. The van der Waals surface area contributed by atoms with Gasteiger partial charge in [0.25, 0.3) is 10.0 Å². The zero-order chi connectivity index (χ0) is 22.8. The predicted octanol–water partition coefficient (Wildman–Crippen LogP) is 3.98. The summed E-state index contributed by atoms with van der Waals surface area (Å²) in [7, 11) is -3.86. The average molecular weight is 482 g/mol. The van der Waals surface area contributed by atoms with E-state index in [0.29, 0.717) is 13.2 Å². The van der Waals surface area contributed by atoms with Crippen molar-refractivity contribution in [3.05, 3.63) is 72.4 Å². The summed E-state index contributed by atoms with van der Waals surface area (Å²) < 4.78 is 33.5. The maximum Gasteiger partial charge on any atom is 0.263 e. The summed E-state index contributed by atoms with van der Waals surface area (Å²) >= 11 is 6.22. The highest BCUT2D eigenvalue weighted by Gasteiger charge is 2.18. The van der Waals surface area contributed by atoms with Gasteiger partial charge in [-0.15, -0.1) is 0 Å². The number of nitrogens with one attached hydrogen (secondary N) is 1. The number of benzene rings is 1. The fraction of sp³-hybridized carbons (Fsp3) is 0.174. The van der Waals surface area contributed by atoms with Crippen LogP contribution in [0, 0.1) is 0 Å². The zero-order valence-electron chi connectivity index (χ0n) is 17.5. The normalized spacial score (nSPS) is 14.4. The molecule has 4 aromatic rings. The molecule has 0 spiro atoms. The van der Waals surface area contributed by atoms with Crippen molar-refractivity contribution in [2.45, 2.75) is 4.90 Å². The second-order valence-electron chi connectivity index (χ2n) is 7.52. The van der Waals surface area contributed by atoms with E-state index in [1.54, 1.807) is 18.3 Å². The first-order valence-corrected chi connectivity index (χ1v) is 12.2. The van der Waals surface area contributed by atoms with Gasteiger partial charge < -0.3 is 9.64 Å². The Morgan fingerprint density at radius 2 is 1.82 bits per heavy atom. The van der Waals surface area contributed by atoms with Gasteiger partial charge in [-0.2, -0.15) is 0 Å². The number of halogens is 1. The molecule has 1 N–H and O–H groups in total. The monoisotopic (exact) mass is 481 g/mol. The fourth-order valence-electron chi connectivity index (χ4n) is 3.78. The number of hydrogen-bond acceptors (Lipinski definition) is 7. The molecule has 10 heteroatoms. The van der Waals surface area contributed by atoms with Crippen LogP contribution < -0.4 is 9.62 Å². The zero-order valence-corrected chi connectivity index (χ0v) is 19.1. The third-order valence-corrected chi connectivity index (χ3v) is 7.08. The van der Waals surface area contributed by atoms with Gasteiger partial charge in [0, 0.05) is 54.5 Å². The number of nitrogens with zero attached hydrogens (tertiary/aromatic N) is 4. The standard InChI is InChI=1S/C23H20ClN5O3S/c24-23-21(28-33(30,31)18-2-1-6-25-15-18)13-17(14-27-23)16-3-4-20-19(12-16)22(5-7-26-20)29-8-10-32-11-9-29/h1-7,12-15,28H,8-11H2. The Kier molecular flexibility index (Phi) is 5.84. The molecule has 5 rings (SSSR count). The highest BCUT2D eigenvalue weighted by atomic mass is 35.5. The van der Waals surface area contributed by atoms with E-state index in [-0.39, 0.29) is 15.7 Å². The summed E-state index contributed by atoms with van der Waals surface area (Å²) in [5.41, 5.74) is 3.75. The van der Waals surface area contributed by atoms with Crippen molar-refractivity contribution >= 4 is 43.9 Å². The molecule has 1 fully saturated rings. The smallest absolute Gasteiger partial charge is 0.263 e. The van der Waals surface area contributed by atoms with Crippen molar-refractivity contribution in [1.82, 2.24) is 15.0 Å². The molecule has 0 bridgehead atoms. The first-order chi connectivity index (χ1) is 16.0. The first kappa shape index (κ1) is 21.6. The molecule has 33 heavy (non-hydrogen) atoms. The van der Waals surface area contributed by atoms with Gasteiger partial charge in [0.1, 0.15) is 4.90 Å². The van der Waals surface area contributed by atoms with Gasteiger partial charge in [0.2, 0.25) is 0 Å². The van der Waals surface area contributed by atoms with Crippen molar-refractivity contribution in [3.8, 4) is 11.1 Å². The molecule has 1 aliphatic heterocycles. The lowest BCUT2D eigenvalue weighted by atomic mass is 10.0. The van der Waals surface area contributed by atoms with E-state index >= 15 is 0 Å². The van der Waals surface area contributed by atoms with Crippen LogP contribution in [0.3, 0.4) is 0 Å². The molecular weight excluding hydrogens is 462 g/mol. The number of pyridine rings is 3. The number of hydrogen-bond donors (Lipinski definition) is 1. The SMILES string of the molecule is O=S(=O)(Nc1cc(-c2ccc3nccc(N4CCOCC4)c3c2)cnc1Cl)c1cccnc1. The maximum atomic E-state index is 12.7. The Labute approximate surface area is 196 Å². The molecule has 0 amide bonds. The van der Waals surface area contributed by atoms with Crippen molar-refractivity contribution in [2.75, 3.05) is 35.9 Å². The summed E-state index contributed by atoms with van der Waals surface area (Å²) in [6.07, 6.45) is 6.21. The minimum absolute atomic E-state index is 0.0402. The Balaban J connectivity index is 1.52. The van der Waals surface area contributed by atoms with Crippen LogP contribution in [0.4, 0.5) is 11.4 Å². The molecule has 0 saturated carbocycles. The molecule has 8 nitrogen and oxygen atoms in total. The number of anilines is 2. The Morgan fingerprint density at radius 3 is 2.61 bits per heavy atom. The number of fused-ring (bicyclic) bond motifs is 1. The highest BCUT2D eigenvalue weighted by Crippen LogP contribution is 2.33. The van der Waals surface area contributed by atoms with Crippen molar-refractivity contribution in [3.63, 3.8) is 0 Å². The van der Waals surface area contributed by atoms with Crippen molar-refractivity contribution in [1.29, 1.82) is 0 Å². The topological polar surface area (TPSA) is 97.3 Å². The van der Waals surface area contributed by atoms with Gasteiger partial charge in [-0.05, 0) is 42.0 Å². The predicted molar refractivity (Wildman–Crippen MR) is 128 cm³/mol. The Bertz CT molecular complexity index is 1410. The molecule has 1 saturated heterocycles. The largest absolute Gasteiger partial charge is 0.378 e. The van der Waals surface area contributed by atoms with E-state index in [2.05, 4.69) is 24.6 Å². The molecule has 1 aliphatic rings. The second-order valence-corrected chi connectivity index (χ2v) is 9.56. The lowest BCUT2D eigenvalue weighted by molar-refractivity contribution is 0.123. The van der Waals surface area contributed by atoms with Gasteiger partial charge in [0.05, 0.1) is 24.4 Å². The first-order valence-electron chi connectivity index (χ1n) is 10.3. The van der Waals surface area contributed by atoms with Crippen molar-refractivity contribution < 1.29 is 13.2 Å². The average Bonchev–Trinajstić information content (AvgIpc) is 2.85. The molecule has 3 aromatic heterocycles. The molecule has 4 heterocycles. The minimum Gasteiger partial charge on any atom is -0.378 e. The van der Waals surface area contributed by atoms with Gasteiger partial charge in [-0.1, -0.05) is 17.7 Å². The molecule has 0 atom stereocenters. The summed E-state index contributed by atoms with van der Waals surface area (Å²) in [5.74, 6) is 0. The van der Waals surface area contributed by atoms with E-state index < -0.39 is 10.0 Å². The van der Waals surface area contributed by atoms with E-state index in [0.717, 1.165) is 40.8 Å². The van der Waals surface area contributed by atoms with Gasteiger partial charge in [-0.3, -0.25) is 14.7 Å². The summed E-state index contributed by atoms with van der Waals surface area (Å²) in [6, 6.07) is 12.6. The second kappa shape index (κ2) is 8.93. The van der Waals surface area contributed by atoms with Crippen LogP contribution in [0.25, 0.3) is 22.0 Å². The number of sulfonamides is 1.